The lowest BCUT2D eigenvalue weighted by molar-refractivity contribution is 0.252. The van der Waals surface area contributed by atoms with Gasteiger partial charge in [-0.2, -0.15) is 0 Å². The first-order valence-electron chi connectivity index (χ1n) is 8.20. The van der Waals surface area contributed by atoms with Gasteiger partial charge in [-0.25, -0.2) is 18.4 Å². The van der Waals surface area contributed by atoms with Crippen molar-refractivity contribution < 1.29 is 13.2 Å². The van der Waals surface area contributed by atoms with Crippen LogP contribution in [0.15, 0.2) is 47.4 Å². The molecule has 2 amide bonds. The van der Waals surface area contributed by atoms with Crippen LogP contribution in [-0.4, -0.2) is 21.0 Å². The molecule has 0 spiro atoms. The molecule has 1 aliphatic carbocycles. The average Bonchev–Trinajstić information content (AvgIpc) is 3.02. The molecule has 1 aliphatic rings. The van der Waals surface area contributed by atoms with Gasteiger partial charge in [0, 0.05) is 12.2 Å². The second-order valence-electron chi connectivity index (χ2n) is 6.16. The Hall–Kier alpha value is -2.38. The molecule has 0 radical (unpaired) electrons. The molecule has 3 rings (SSSR count). The summed E-state index contributed by atoms with van der Waals surface area (Å²) in [4.78, 5) is 12.1. The smallest absolute Gasteiger partial charge is 0.319 e. The first-order chi connectivity index (χ1) is 11.9. The Balaban J connectivity index is 1.48. The molecule has 0 saturated heterocycles. The quantitative estimate of drug-likeness (QED) is 0.762. The third kappa shape index (κ3) is 4.58. The number of carbonyl (C=O) groups is 1. The van der Waals surface area contributed by atoms with Crippen LogP contribution >= 0.6 is 0 Å². The number of urea groups is 1. The van der Waals surface area contributed by atoms with Crippen LogP contribution < -0.4 is 15.8 Å². The van der Waals surface area contributed by atoms with E-state index in [2.05, 4.69) is 16.7 Å². The zero-order chi connectivity index (χ0) is 17.9. The van der Waals surface area contributed by atoms with Crippen LogP contribution in [0.4, 0.5) is 10.5 Å². The minimum absolute atomic E-state index is 0.0820. The third-order valence-corrected chi connectivity index (χ3v) is 5.24. The van der Waals surface area contributed by atoms with E-state index in [0.717, 1.165) is 24.1 Å². The van der Waals surface area contributed by atoms with Crippen molar-refractivity contribution in [3.63, 3.8) is 0 Å². The Morgan fingerprint density at radius 2 is 1.76 bits per heavy atom. The molecule has 0 fully saturated rings. The van der Waals surface area contributed by atoms with Crippen molar-refractivity contribution in [2.75, 3.05) is 11.9 Å². The molecule has 0 atom stereocenters. The van der Waals surface area contributed by atoms with Gasteiger partial charge in [-0.15, -0.1) is 0 Å². The molecule has 7 heteroatoms. The average molecular weight is 359 g/mol. The monoisotopic (exact) mass is 359 g/mol. The van der Waals surface area contributed by atoms with E-state index in [-0.39, 0.29) is 10.9 Å². The van der Waals surface area contributed by atoms with Crippen molar-refractivity contribution in [1.29, 1.82) is 0 Å². The summed E-state index contributed by atoms with van der Waals surface area (Å²) in [6.45, 7) is 0.450. The summed E-state index contributed by atoms with van der Waals surface area (Å²) in [6, 6.07) is 12.1. The summed E-state index contributed by atoms with van der Waals surface area (Å²) >= 11 is 0. The largest absolute Gasteiger partial charge is 0.338 e. The number of anilines is 1. The van der Waals surface area contributed by atoms with E-state index in [1.807, 2.05) is 12.1 Å². The molecule has 0 heterocycles. The van der Waals surface area contributed by atoms with E-state index >= 15 is 0 Å². The predicted octanol–water partition coefficient (Wildman–Crippen LogP) is 2.19. The number of hydrogen-bond donors (Lipinski definition) is 3. The number of aryl methyl sites for hydroxylation is 2. The standard InChI is InChI=1S/C18H21N3O3S/c19-25(23,24)17-8-4-13(5-9-17)10-11-20-18(22)21-16-7-6-14-2-1-3-15(14)12-16/h4-9,12H,1-3,10-11H2,(H2,19,23,24)(H2,20,21,22). The van der Waals surface area contributed by atoms with Gasteiger partial charge < -0.3 is 10.6 Å². The Bertz CT molecular complexity index is 877. The topological polar surface area (TPSA) is 101 Å². The zero-order valence-corrected chi connectivity index (χ0v) is 14.6. The number of rotatable bonds is 5. The first-order valence-corrected chi connectivity index (χ1v) is 9.75. The SMILES string of the molecule is NS(=O)(=O)c1ccc(CCNC(=O)Nc2ccc3c(c2)CCC3)cc1. The highest BCUT2D eigenvalue weighted by molar-refractivity contribution is 7.89. The molecule has 0 unspecified atom stereocenters. The van der Waals surface area contributed by atoms with Crippen LogP contribution in [0, 0.1) is 0 Å². The Kier molecular flexibility index (Phi) is 5.06. The lowest BCUT2D eigenvalue weighted by Crippen LogP contribution is -2.30. The summed E-state index contributed by atoms with van der Waals surface area (Å²) in [5, 5.41) is 10.7. The number of primary sulfonamides is 1. The summed E-state index contributed by atoms with van der Waals surface area (Å²) in [6.07, 6.45) is 3.96. The third-order valence-electron chi connectivity index (χ3n) is 4.31. The van der Waals surface area contributed by atoms with Crippen molar-refractivity contribution in [3.8, 4) is 0 Å². The lowest BCUT2D eigenvalue weighted by Gasteiger charge is -2.09. The molecule has 0 saturated carbocycles. The maximum atomic E-state index is 12.0. The Labute approximate surface area is 147 Å². The fraction of sp³-hybridized carbons (Fsp3) is 0.278. The van der Waals surface area contributed by atoms with Gasteiger partial charge in [0.05, 0.1) is 4.90 Å². The van der Waals surface area contributed by atoms with Crippen molar-refractivity contribution in [2.45, 2.75) is 30.6 Å². The summed E-state index contributed by atoms with van der Waals surface area (Å²) in [5.74, 6) is 0. The molecule has 0 aliphatic heterocycles. The number of sulfonamides is 1. The number of nitrogens with one attached hydrogen (secondary N) is 2. The van der Waals surface area contributed by atoms with Gasteiger partial charge in [-0.05, 0) is 66.6 Å². The number of benzene rings is 2. The van der Waals surface area contributed by atoms with Gasteiger partial charge in [0.2, 0.25) is 10.0 Å². The molecule has 2 aromatic rings. The molecule has 6 nitrogen and oxygen atoms in total. The Morgan fingerprint density at radius 1 is 1.04 bits per heavy atom. The van der Waals surface area contributed by atoms with E-state index in [9.17, 15) is 13.2 Å². The maximum Gasteiger partial charge on any atom is 0.319 e. The zero-order valence-electron chi connectivity index (χ0n) is 13.8. The second-order valence-corrected chi connectivity index (χ2v) is 7.72. The van der Waals surface area contributed by atoms with Crippen molar-refractivity contribution in [3.05, 3.63) is 59.2 Å². The predicted molar refractivity (Wildman–Crippen MR) is 97.0 cm³/mol. The Morgan fingerprint density at radius 3 is 2.48 bits per heavy atom. The maximum absolute atomic E-state index is 12.0. The van der Waals surface area contributed by atoms with Gasteiger partial charge in [0.15, 0.2) is 0 Å². The van der Waals surface area contributed by atoms with Gasteiger partial charge in [-0.3, -0.25) is 0 Å². The van der Waals surface area contributed by atoms with Crippen LogP contribution in [0.1, 0.15) is 23.1 Å². The van der Waals surface area contributed by atoms with Crippen LogP contribution in [-0.2, 0) is 29.3 Å². The van der Waals surface area contributed by atoms with E-state index in [4.69, 9.17) is 5.14 Å². The van der Waals surface area contributed by atoms with Gasteiger partial charge in [0.1, 0.15) is 0 Å². The summed E-state index contributed by atoms with van der Waals surface area (Å²) in [5.41, 5.74) is 4.41. The highest BCUT2D eigenvalue weighted by Gasteiger charge is 2.11. The van der Waals surface area contributed by atoms with E-state index in [1.165, 1.54) is 29.7 Å². The number of fused-ring (bicyclic) bond motifs is 1. The van der Waals surface area contributed by atoms with E-state index in [1.54, 1.807) is 12.1 Å². The van der Waals surface area contributed by atoms with Gasteiger partial charge in [0.25, 0.3) is 0 Å². The molecular weight excluding hydrogens is 338 g/mol. The fourth-order valence-electron chi connectivity index (χ4n) is 2.99. The van der Waals surface area contributed by atoms with E-state index < -0.39 is 10.0 Å². The molecule has 0 aromatic heterocycles. The number of hydrogen-bond acceptors (Lipinski definition) is 3. The van der Waals surface area contributed by atoms with Crippen LogP contribution in [0.5, 0.6) is 0 Å². The fourth-order valence-corrected chi connectivity index (χ4v) is 3.51. The molecule has 4 N–H and O–H groups in total. The number of amides is 2. The molecule has 132 valence electrons. The van der Waals surface area contributed by atoms with Crippen molar-refractivity contribution in [1.82, 2.24) is 5.32 Å². The van der Waals surface area contributed by atoms with Crippen LogP contribution in [0.2, 0.25) is 0 Å². The second kappa shape index (κ2) is 7.25. The van der Waals surface area contributed by atoms with Gasteiger partial charge >= 0.3 is 6.03 Å². The minimum atomic E-state index is -3.67. The summed E-state index contributed by atoms with van der Waals surface area (Å²) < 4.78 is 22.4. The highest BCUT2D eigenvalue weighted by atomic mass is 32.2. The van der Waals surface area contributed by atoms with Crippen LogP contribution in [0.25, 0.3) is 0 Å². The van der Waals surface area contributed by atoms with Crippen molar-refractivity contribution >= 4 is 21.7 Å². The lowest BCUT2D eigenvalue weighted by atomic mass is 10.1. The first kappa shape index (κ1) is 17.4. The molecule has 2 aromatic carbocycles. The molecule has 25 heavy (non-hydrogen) atoms. The number of nitrogens with two attached hydrogens (primary N) is 1. The van der Waals surface area contributed by atoms with Crippen LogP contribution in [0.3, 0.4) is 0 Å². The van der Waals surface area contributed by atoms with Crippen molar-refractivity contribution in [2.24, 2.45) is 5.14 Å². The number of carbonyl (C=O) groups excluding carboxylic acids is 1. The highest BCUT2D eigenvalue weighted by Crippen LogP contribution is 2.24. The van der Waals surface area contributed by atoms with Gasteiger partial charge in [-0.1, -0.05) is 18.2 Å². The van der Waals surface area contributed by atoms with E-state index in [0.29, 0.717) is 13.0 Å². The molecular formula is C18H21N3O3S. The molecule has 0 bridgehead atoms. The summed E-state index contributed by atoms with van der Waals surface area (Å²) in [7, 11) is -3.67. The normalized spacial score (nSPS) is 13.3. The minimum Gasteiger partial charge on any atom is -0.338 e.